The Balaban J connectivity index is 2.88. The molecule has 0 fully saturated rings. The van der Waals surface area contributed by atoms with Crippen LogP contribution >= 0.6 is 0 Å². The average molecular weight is 320 g/mol. The van der Waals surface area contributed by atoms with Gasteiger partial charge in [0.2, 0.25) is 10.0 Å². The molecule has 8 nitrogen and oxygen atoms in total. The predicted molar refractivity (Wildman–Crippen MR) is 69.5 cm³/mol. The summed E-state index contributed by atoms with van der Waals surface area (Å²) in [5.74, 6) is -1.53. The number of sulfonamides is 1. The van der Waals surface area contributed by atoms with Crippen molar-refractivity contribution in [2.75, 3.05) is 13.2 Å². The molecule has 116 valence electrons. The van der Waals surface area contributed by atoms with Gasteiger partial charge >= 0.3 is 5.97 Å². The molecule has 0 atom stereocenters. The summed E-state index contributed by atoms with van der Waals surface area (Å²) < 4.78 is 43.4. The summed E-state index contributed by atoms with van der Waals surface area (Å²) in [4.78, 5) is 20.2. The van der Waals surface area contributed by atoms with Crippen LogP contribution in [0.15, 0.2) is 23.1 Å². The van der Waals surface area contributed by atoms with E-state index in [1.807, 2.05) is 4.72 Å². The average Bonchev–Trinajstić information content (AvgIpc) is 2.38. The Morgan fingerprint density at radius 2 is 2.14 bits per heavy atom. The molecule has 0 unspecified atom stereocenters. The number of hydrogen-bond acceptors (Lipinski definition) is 6. The molecule has 1 aromatic carbocycles. The van der Waals surface area contributed by atoms with Crippen molar-refractivity contribution in [2.24, 2.45) is 0 Å². The Labute approximate surface area is 120 Å². The molecule has 1 aromatic rings. The molecule has 0 aromatic heterocycles. The SMILES string of the molecule is CCOC(=O)CCNS(=O)(=O)c1ccc(F)cc1[N+](=O)[O-]. The number of nitro benzene ring substituents is 1. The standard InChI is InChI=1S/C11H13FN2O6S/c1-2-20-11(15)5-6-13-21(18,19)10-4-3-8(12)7-9(10)14(16)17/h3-4,7,13H,2,5-6H2,1H3. The van der Waals surface area contributed by atoms with E-state index in [9.17, 15) is 27.7 Å². The highest BCUT2D eigenvalue weighted by atomic mass is 32.2. The normalized spacial score (nSPS) is 11.1. The lowest BCUT2D eigenvalue weighted by molar-refractivity contribution is -0.388. The maximum atomic E-state index is 13.0. The predicted octanol–water partition coefficient (Wildman–Crippen LogP) is 0.965. The zero-order chi connectivity index (χ0) is 16.0. The molecule has 0 aliphatic carbocycles. The number of esters is 1. The van der Waals surface area contributed by atoms with Gasteiger partial charge in [-0.3, -0.25) is 14.9 Å². The first kappa shape index (κ1) is 17.0. The number of rotatable bonds is 7. The van der Waals surface area contributed by atoms with E-state index < -0.39 is 37.3 Å². The van der Waals surface area contributed by atoms with E-state index in [0.29, 0.717) is 6.07 Å². The van der Waals surface area contributed by atoms with E-state index in [-0.39, 0.29) is 19.6 Å². The molecule has 0 saturated heterocycles. The number of nitro groups is 1. The Hall–Kier alpha value is -2.07. The van der Waals surface area contributed by atoms with Gasteiger partial charge in [0.15, 0.2) is 4.90 Å². The van der Waals surface area contributed by atoms with Gasteiger partial charge in [0.1, 0.15) is 5.82 Å². The largest absolute Gasteiger partial charge is 0.466 e. The Morgan fingerprint density at radius 3 is 2.71 bits per heavy atom. The van der Waals surface area contributed by atoms with Gasteiger partial charge < -0.3 is 4.74 Å². The third-order valence-corrected chi connectivity index (χ3v) is 3.84. The van der Waals surface area contributed by atoms with Crippen LogP contribution in [0.5, 0.6) is 0 Å². The fraction of sp³-hybridized carbons (Fsp3) is 0.364. The molecular formula is C11H13FN2O6S. The molecule has 1 N–H and O–H groups in total. The topological polar surface area (TPSA) is 116 Å². The summed E-state index contributed by atoms with van der Waals surface area (Å²) >= 11 is 0. The molecule has 21 heavy (non-hydrogen) atoms. The lowest BCUT2D eigenvalue weighted by atomic mass is 10.3. The van der Waals surface area contributed by atoms with Crippen LogP contribution in [0.3, 0.4) is 0 Å². The quantitative estimate of drug-likeness (QED) is 0.454. The van der Waals surface area contributed by atoms with Crippen molar-refractivity contribution in [3.05, 3.63) is 34.1 Å². The first-order chi connectivity index (χ1) is 9.77. The Kier molecular flexibility index (Phi) is 5.73. The molecule has 0 aliphatic rings. The minimum atomic E-state index is -4.23. The highest BCUT2D eigenvalue weighted by Crippen LogP contribution is 2.24. The fourth-order valence-corrected chi connectivity index (χ4v) is 2.64. The number of carbonyl (C=O) groups excluding carboxylic acids is 1. The lowest BCUT2D eigenvalue weighted by Crippen LogP contribution is -2.27. The molecule has 0 saturated carbocycles. The minimum Gasteiger partial charge on any atom is -0.466 e. The summed E-state index contributed by atoms with van der Waals surface area (Å²) in [5, 5.41) is 10.8. The highest BCUT2D eigenvalue weighted by Gasteiger charge is 2.26. The highest BCUT2D eigenvalue weighted by molar-refractivity contribution is 7.89. The van der Waals surface area contributed by atoms with Crippen LogP contribution in [0.2, 0.25) is 0 Å². The first-order valence-corrected chi connectivity index (χ1v) is 7.35. The van der Waals surface area contributed by atoms with E-state index in [4.69, 9.17) is 0 Å². The van der Waals surface area contributed by atoms with Crippen molar-refractivity contribution in [3.8, 4) is 0 Å². The van der Waals surface area contributed by atoms with E-state index in [1.165, 1.54) is 0 Å². The number of benzene rings is 1. The van der Waals surface area contributed by atoms with Crippen molar-refractivity contribution in [3.63, 3.8) is 0 Å². The van der Waals surface area contributed by atoms with Gasteiger partial charge in [-0.25, -0.2) is 17.5 Å². The van der Waals surface area contributed by atoms with E-state index in [1.54, 1.807) is 6.92 Å². The lowest BCUT2D eigenvalue weighted by Gasteiger charge is -2.07. The van der Waals surface area contributed by atoms with E-state index in [0.717, 1.165) is 12.1 Å². The van der Waals surface area contributed by atoms with Crippen molar-refractivity contribution in [1.29, 1.82) is 0 Å². The van der Waals surface area contributed by atoms with Gasteiger partial charge in [-0.05, 0) is 19.1 Å². The molecular weight excluding hydrogens is 307 g/mol. The summed E-state index contributed by atoms with van der Waals surface area (Å²) in [5.41, 5.74) is -0.876. The molecule has 0 bridgehead atoms. The summed E-state index contributed by atoms with van der Waals surface area (Å²) in [7, 11) is -4.23. The smallest absolute Gasteiger partial charge is 0.307 e. The molecule has 1 rings (SSSR count). The summed E-state index contributed by atoms with van der Waals surface area (Å²) in [6, 6.07) is 2.10. The number of ether oxygens (including phenoxy) is 1. The second-order valence-corrected chi connectivity index (χ2v) is 5.56. The number of nitrogens with zero attached hydrogens (tertiary/aromatic N) is 1. The summed E-state index contributed by atoms with van der Waals surface area (Å²) in [6.45, 7) is 1.48. The van der Waals surface area contributed by atoms with Crippen LogP contribution in [-0.4, -0.2) is 32.5 Å². The monoisotopic (exact) mass is 320 g/mol. The molecule has 0 heterocycles. The van der Waals surface area contributed by atoms with Gasteiger partial charge in [-0.1, -0.05) is 0 Å². The first-order valence-electron chi connectivity index (χ1n) is 5.87. The van der Waals surface area contributed by atoms with Gasteiger partial charge in [-0.2, -0.15) is 0 Å². The maximum absolute atomic E-state index is 13.0. The van der Waals surface area contributed by atoms with Crippen molar-refractivity contribution >= 4 is 21.7 Å². The molecule has 0 amide bonds. The van der Waals surface area contributed by atoms with Crippen LogP contribution in [-0.2, 0) is 19.6 Å². The number of carbonyl (C=O) groups is 1. The van der Waals surface area contributed by atoms with Crippen LogP contribution in [0.25, 0.3) is 0 Å². The van der Waals surface area contributed by atoms with Crippen LogP contribution in [0.1, 0.15) is 13.3 Å². The second-order valence-electron chi connectivity index (χ2n) is 3.82. The van der Waals surface area contributed by atoms with Crippen LogP contribution < -0.4 is 4.72 Å². The molecule has 0 radical (unpaired) electrons. The maximum Gasteiger partial charge on any atom is 0.307 e. The zero-order valence-corrected chi connectivity index (χ0v) is 11.9. The van der Waals surface area contributed by atoms with Crippen LogP contribution in [0, 0.1) is 15.9 Å². The van der Waals surface area contributed by atoms with Crippen molar-refractivity contribution < 1.29 is 27.3 Å². The van der Waals surface area contributed by atoms with E-state index >= 15 is 0 Å². The molecule has 10 heteroatoms. The minimum absolute atomic E-state index is 0.162. The van der Waals surface area contributed by atoms with Gasteiger partial charge in [0, 0.05) is 6.54 Å². The van der Waals surface area contributed by atoms with Gasteiger partial charge in [0.25, 0.3) is 5.69 Å². The van der Waals surface area contributed by atoms with Crippen LogP contribution in [0.4, 0.5) is 10.1 Å². The van der Waals surface area contributed by atoms with Gasteiger partial charge in [-0.15, -0.1) is 0 Å². The summed E-state index contributed by atoms with van der Waals surface area (Å²) in [6.07, 6.45) is -0.220. The molecule has 0 aliphatic heterocycles. The second kappa shape index (κ2) is 7.09. The van der Waals surface area contributed by atoms with Crippen molar-refractivity contribution in [2.45, 2.75) is 18.2 Å². The van der Waals surface area contributed by atoms with Crippen molar-refractivity contribution in [1.82, 2.24) is 4.72 Å². The third kappa shape index (κ3) is 4.76. The third-order valence-electron chi connectivity index (χ3n) is 2.33. The fourth-order valence-electron chi connectivity index (χ4n) is 1.46. The number of halogens is 1. The number of hydrogen-bond donors (Lipinski definition) is 1. The van der Waals surface area contributed by atoms with E-state index in [2.05, 4.69) is 4.74 Å². The van der Waals surface area contributed by atoms with Gasteiger partial charge in [0.05, 0.1) is 24.0 Å². The Morgan fingerprint density at radius 1 is 1.48 bits per heavy atom. The Bertz CT molecular complexity index is 646. The molecule has 0 spiro atoms. The zero-order valence-electron chi connectivity index (χ0n) is 11.0. The number of nitrogens with one attached hydrogen (secondary N) is 1.